The number of pyridine rings is 2. The number of carbonyl (C=O) groups excluding carboxylic acids is 1. The van der Waals surface area contributed by atoms with Gasteiger partial charge in [0.25, 0.3) is 0 Å². The highest BCUT2D eigenvalue weighted by atomic mass is 35.5. The standard InChI is InChI=1S/C36H39Cl2N5O4/c1-21(44)19-43-14-12-26-24(20-43)15-23(16-31(26)46-2)35-34(38)28(11-13-40-35)27-5-4-6-29(33(27)37)30-9-7-22(36(42-30)47-3)17-39-18-25-8-10-32(45)41-25/h4-7,9,11,13,15-16,21,25,39,44H,8,10,12,14,17-20H2,1-3H3,(H,41,45)/t21-,25-/m0/s1. The van der Waals surface area contributed by atoms with Gasteiger partial charge in [-0.3, -0.25) is 14.7 Å². The second kappa shape index (κ2) is 14.6. The second-order valence-corrected chi connectivity index (χ2v) is 12.9. The maximum atomic E-state index is 11.5. The van der Waals surface area contributed by atoms with Gasteiger partial charge in [0.15, 0.2) is 0 Å². The van der Waals surface area contributed by atoms with E-state index in [9.17, 15) is 9.90 Å². The summed E-state index contributed by atoms with van der Waals surface area (Å²) in [5.74, 6) is 1.41. The molecule has 2 aromatic carbocycles. The van der Waals surface area contributed by atoms with Crippen molar-refractivity contribution in [3.8, 4) is 45.3 Å². The molecule has 47 heavy (non-hydrogen) atoms. The number of ether oxygens (including phenoxy) is 2. The summed E-state index contributed by atoms with van der Waals surface area (Å²) in [6, 6.07) is 15.8. The first-order valence-corrected chi connectivity index (χ1v) is 16.6. The lowest BCUT2D eigenvalue weighted by Gasteiger charge is -2.31. The molecule has 0 saturated carbocycles. The van der Waals surface area contributed by atoms with E-state index in [0.29, 0.717) is 59.9 Å². The fourth-order valence-electron chi connectivity index (χ4n) is 6.50. The molecule has 1 amide bonds. The maximum Gasteiger partial charge on any atom is 0.220 e. The van der Waals surface area contributed by atoms with Crippen molar-refractivity contribution in [2.75, 3.05) is 33.9 Å². The predicted molar refractivity (Wildman–Crippen MR) is 185 cm³/mol. The van der Waals surface area contributed by atoms with Crippen molar-refractivity contribution in [1.29, 1.82) is 0 Å². The van der Waals surface area contributed by atoms with Crippen LogP contribution in [-0.2, 0) is 24.3 Å². The number of β-amino-alcohol motifs (C(OH)–C–C–N with tert-alkyl or cyclic N) is 1. The number of aromatic nitrogens is 2. The summed E-state index contributed by atoms with van der Waals surface area (Å²) < 4.78 is 11.5. The molecule has 3 N–H and O–H groups in total. The predicted octanol–water partition coefficient (Wildman–Crippen LogP) is 5.91. The molecule has 0 spiro atoms. The molecule has 0 bridgehead atoms. The molecule has 0 aliphatic carbocycles. The van der Waals surface area contributed by atoms with Gasteiger partial charge in [-0.15, -0.1) is 0 Å². The molecule has 0 radical (unpaired) electrons. The Morgan fingerprint density at radius 3 is 2.62 bits per heavy atom. The number of aliphatic hydroxyl groups excluding tert-OH is 1. The highest BCUT2D eigenvalue weighted by Gasteiger charge is 2.24. The van der Waals surface area contributed by atoms with E-state index in [1.807, 2.05) is 49.4 Å². The third kappa shape index (κ3) is 7.24. The van der Waals surface area contributed by atoms with Gasteiger partial charge in [0.2, 0.25) is 11.8 Å². The number of rotatable bonds is 11. The van der Waals surface area contributed by atoms with E-state index in [1.165, 1.54) is 5.56 Å². The molecule has 9 nitrogen and oxygen atoms in total. The molecule has 4 heterocycles. The summed E-state index contributed by atoms with van der Waals surface area (Å²) in [5, 5.41) is 17.3. The zero-order valence-corrected chi connectivity index (χ0v) is 28.3. The second-order valence-electron chi connectivity index (χ2n) is 12.1. The number of amides is 1. The number of carbonyl (C=O) groups is 1. The molecular weight excluding hydrogens is 637 g/mol. The van der Waals surface area contributed by atoms with Crippen LogP contribution in [0, 0.1) is 0 Å². The van der Waals surface area contributed by atoms with Crippen molar-refractivity contribution >= 4 is 29.1 Å². The van der Waals surface area contributed by atoms with Crippen molar-refractivity contribution in [1.82, 2.24) is 25.5 Å². The summed E-state index contributed by atoms with van der Waals surface area (Å²) >= 11 is 14.2. The monoisotopic (exact) mass is 675 g/mol. The van der Waals surface area contributed by atoms with Crippen molar-refractivity contribution in [2.24, 2.45) is 0 Å². The molecule has 2 aliphatic rings. The summed E-state index contributed by atoms with van der Waals surface area (Å²) in [5.41, 5.74) is 7.64. The van der Waals surface area contributed by atoms with Crippen LogP contribution in [0.2, 0.25) is 10.0 Å². The minimum Gasteiger partial charge on any atom is -0.496 e. The number of nitrogens with zero attached hydrogens (tertiary/aromatic N) is 3. The Kier molecular flexibility index (Phi) is 10.3. The van der Waals surface area contributed by atoms with Crippen molar-refractivity contribution in [2.45, 2.75) is 51.4 Å². The van der Waals surface area contributed by atoms with E-state index in [4.69, 9.17) is 37.7 Å². The van der Waals surface area contributed by atoms with Crippen LogP contribution in [0.4, 0.5) is 0 Å². The number of halogens is 2. The fraction of sp³-hybridized carbons (Fsp3) is 0.361. The average molecular weight is 677 g/mol. The van der Waals surface area contributed by atoms with Gasteiger partial charge >= 0.3 is 0 Å². The van der Waals surface area contributed by atoms with Gasteiger partial charge in [-0.2, -0.15) is 0 Å². The number of nitrogens with one attached hydrogen (secondary N) is 2. The molecule has 246 valence electrons. The van der Waals surface area contributed by atoms with Gasteiger partial charge in [0.05, 0.1) is 41.8 Å². The Labute approximate surface area is 285 Å². The molecular formula is C36H39Cl2N5O4. The van der Waals surface area contributed by atoms with Gasteiger partial charge in [0.1, 0.15) is 5.75 Å². The zero-order chi connectivity index (χ0) is 33.1. The molecule has 1 saturated heterocycles. The first kappa shape index (κ1) is 33.2. The number of methoxy groups -OCH3 is 2. The third-order valence-corrected chi connectivity index (χ3v) is 9.56. The Morgan fingerprint density at radius 2 is 1.87 bits per heavy atom. The number of aliphatic hydroxyl groups is 1. The number of hydrogen-bond donors (Lipinski definition) is 3. The molecule has 1 fully saturated rings. The average Bonchev–Trinajstić information content (AvgIpc) is 3.49. The van der Waals surface area contributed by atoms with Crippen molar-refractivity contribution in [3.05, 3.63) is 81.5 Å². The van der Waals surface area contributed by atoms with Gasteiger partial charge in [-0.25, -0.2) is 4.98 Å². The Bertz CT molecular complexity index is 1780. The quantitative estimate of drug-likeness (QED) is 0.180. The van der Waals surface area contributed by atoms with Crippen LogP contribution in [0.3, 0.4) is 0 Å². The van der Waals surface area contributed by atoms with E-state index in [0.717, 1.165) is 58.5 Å². The fourth-order valence-corrected chi connectivity index (χ4v) is 7.15. The van der Waals surface area contributed by atoms with Crippen LogP contribution >= 0.6 is 23.2 Å². The lowest BCUT2D eigenvalue weighted by molar-refractivity contribution is -0.119. The van der Waals surface area contributed by atoms with Crippen molar-refractivity contribution < 1.29 is 19.4 Å². The van der Waals surface area contributed by atoms with Gasteiger partial charge in [0, 0.05) is 79.2 Å². The summed E-state index contributed by atoms with van der Waals surface area (Å²) in [4.78, 5) is 23.2. The van der Waals surface area contributed by atoms with Crippen LogP contribution < -0.4 is 20.1 Å². The number of benzene rings is 2. The minimum absolute atomic E-state index is 0.101. The topological polar surface area (TPSA) is 109 Å². The van der Waals surface area contributed by atoms with E-state index in [-0.39, 0.29) is 11.9 Å². The van der Waals surface area contributed by atoms with Crippen LogP contribution in [0.15, 0.2) is 54.7 Å². The summed E-state index contributed by atoms with van der Waals surface area (Å²) in [7, 11) is 3.28. The first-order valence-electron chi connectivity index (χ1n) is 15.8. The third-order valence-electron chi connectivity index (χ3n) is 8.77. The van der Waals surface area contributed by atoms with Crippen LogP contribution in [0.5, 0.6) is 11.6 Å². The molecule has 2 aliphatic heterocycles. The zero-order valence-electron chi connectivity index (χ0n) is 26.8. The van der Waals surface area contributed by atoms with E-state index < -0.39 is 6.10 Å². The van der Waals surface area contributed by atoms with E-state index >= 15 is 0 Å². The highest BCUT2D eigenvalue weighted by Crippen LogP contribution is 2.43. The molecule has 2 atom stereocenters. The maximum absolute atomic E-state index is 11.5. The van der Waals surface area contributed by atoms with Crippen LogP contribution in [0.1, 0.15) is 36.5 Å². The Balaban J connectivity index is 1.28. The lowest BCUT2D eigenvalue weighted by Crippen LogP contribution is -2.35. The Morgan fingerprint density at radius 1 is 1.06 bits per heavy atom. The smallest absolute Gasteiger partial charge is 0.220 e. The van der Waals surface area contributed by atoms with Crippen LogP contribution in [-0.4, -0.2) is 71.9 Å². The number of hydrogen-bond acceptors (Lipinski definition) is 8. The first-order chi connectivity index (χ1) is 22.7. The Hall–Kier alpha value is -3.73. The largest absolute Gasteiger partial charge is 0.496 e. The molecule has 4 aromatic rings. The molecule has 2 aromatic heterocycles. The molecule has 6 rings (SSSR count). The van der Waals surface area contributed by atoms with Gasteiger partial charge in [-0.1, -0.05) is 47.5 Å². The summed E-state index contributed by atoms with van der Waals surface area (Å²) in [6.45, 7) is 5.22. The van der Waals surface area contributed by atoms with Crippen molar-refractivity contribution in [3.63, 3.8) is 0 Å². The van der Waals surface area contributed by atoms with Gasteiger partial charge in [-0.05, 0) is 55.2 Å². The molecule has 11 heteroatoms. The van der Waals surface area contributed by atoms with Crippen LogP contribution in [0.25, 0.3) is 33.6 Å². The van der Waals surface area contributed by atoms with Gasteiger partial charge < -0.3 is 25.2 Å². The summed E-state index contributed by atoms with van der Waals surface area (Å²) in [6.07, 6.45) is 3.59. The van der Waals surface area contributed by atoms with E-state index in [1.54, 1.807) is 20.4 Å². The SMILES string of the molecule is COc1cc(-c2nccc(-c3cccc(-c4ccc(CNC[C@@H]5CCC(=O)N5)c(OC)n4)c3Cl)c2Cl)cc2c1CCN(C[C@H](C)O)C2. The molecule has 0 unspecified atom stereocenters. The number of fused-ring (bicyclic) bond motifs is 1. The normalized spacial score (nSPS) is 16.9. The van der Waals surface area contributed by atoms with E-state index in [2.05, 4.69) is 26.6 Å². The highest BCUT2D eigenvalue weighted by molar-refractivity contribution is 6.39. The minimum atomic E-state index is -0.403. The lowest BCUT2D eigenvalue weighted by atomic mass is 9.93.